The van der Waals surface area contributed by atoms with Crippen LogP contribution in [0.2, 0.25) is 0 Å². The minimum absolute atomic E-state index is 0.269. The van der Waals surface area contributed by atoms with E-state index >= 15 is 0 Å². The first-order chi connectivity index (χ1) is 8.72. The topological polar surface area (TPSA) is 45.2 Å². The van der Waals surface area contributed by atoms with Gasteiger partial charge in [-0.25, -0.2) is 0 Å². The minimum Gasteiger partial charge on any atom is -0.388 e. The molecule has 18 heavy (non-hydrogen) atoms. The van der Waals surface area contributed by atoms with Gasteiger partial charge in [0.05, 0.1) is 12.2 Å². The number of hydrogen-bond donors (Lipinski definition) is 1. The largest absolute Gasteiger partial charge is 0.388 e. The fourth-order valence-electron chi connectivity index (χ4n) is 2.52. The molecule has 2 heterocycles. The van der Waals surface area contributed by atoms with E-state index in [4.69, 9.17) is 0 Å². The van der Waals surface area contributed by atoms with Gasteiger partial charge >= 0.3 is 0 Å². The van der Waals surface area contributed by atoms with Crippen LogP contribution in [0.15, 0.2) is 18.3 Å². The second kappa shape index (κ2) is 5.85. The summed E-state index contributed by atoms with van der Waals surface area (Å²) >= 11 is 0. The molecule has 4 heteroatoms. The van der Waals surface area contributed by atoms with Crippen LogP contribution in [0.25, 0.3) is 0 Å². The second-order valence-corrected chi connectivity index (χ2v) is 4.92. The molecule has 1 aromatic heterocycles. The molecule has 1 saturated heterocycles. The van der Waals surface area contributed by atoms with E-state index in [1.54, 1.807) is 6.20 Å². The van der Waals surface area contributed by atoms with Crippen LogP contribution in [0.3, 0.4) is 0 Å². The normalized spacial score (nSPS) is 19.3. The van der Waals surface area contributed by atoms with Crippen molar-refractivity contribution in [1.82, 2.24) is 9.88 Å². The van der Waals surface area contributed by atoms with E-state index in [9.17, 15) is 4.79 Å². The number of anilines is 1. The molecule has 1 aliphatic rings. The van der Waals surface area contributed by atoms with Crippen LogP contribution in [-0.4, -0.2) is 29.4 Å². The van der Waals surface area contributed by atoms with Crippen molar-refractivity contribution in [3.05, 3.63) is 24.0 Å². The van der Waals surface area contributed by atoms with Crippen LogP contribution >= 0.6 is 0 Å². The van der Waals surface area contributed by atoms with Crippen LogP contribution in [-0.2, 0) is 11.3 Å². The van der Waals surface area contributed by atoms with Crippen molar-refractivity contribution in [3.8, 4) is 0 Å². The van der Waals surface area contributed by atoms with Crippen LogP contribution in [0.4, 0.5) is 5.69 Å². The number of carbonyl (C=O) groups is 1. The van der Waals surface area contributed by atoms with Crippen molar-refractivity contribution in [2.45, 2.75) is 32.7 Å². The third kappa shape index (κ3) is 3.00. The SMILES string of the molecule is CCCC1CC(=O)N(Cc2cc(NC)ccn2)C1. The van der Waals surface area contributed by atoms with Crippen molar-refractivity contribution < 1.29 is 4.79 Å². The molecule has 0 aromatic carbocycles. The van der Waals surface area contributed by atoms with Gasteiger partial charge in [-0.3, -0.25) is 9.78 Å². The molecule has 1 amide bonds. The highest BCUT2D eigenvalue weighted by atomic mass is 16.2. The Morgan fingerprint density at radius 1 is 1.56 bits per heavy atom. The summed E-state index contributed by atoms with van der Waals surface area (Å²) in [4.78, 5) is 18.2. The summed E-state index contributed by atoms with van der Waals surface area (Å²) < 4.78 is 0. The quantitative estimate of drug-likeness (QED) is 0.868. The van der Waals surface area contributed by atoms with E-state index in [0.29, 0.717) is 18.9 Å². The molecule has 0 bridgehead atoms. The lowest BCUT2D eigenvalue weighted by atomic mass is 10.0. The maximum atomic E-state index is 11.9. The molecule has 1 N–H and O–H groups in total. The molecule has 0 spiro atoms. The van der Waals surface area contributed by atoms with Crippen LogP contribution < -0.4 is 5.32 Å². The zero-order chi connectivity index (χ0) is 13.0. The average Bonchev–Trinajstić information content (AvgIpc) is 2.70. The molecular formula is C14H21N3O. The number of carbonyl (C=O) groups excluding carboxylic acids is 1. The van der Waals surface area contributed by atoms with E-state index in [1.807, 2.05) is 24.1 Å². The molecule has 1 atom stereocenters. The summed E-state index contributed by atoms with van der Waals surface area (Å²) in [6.07, 6.45) is 4.79. The molecular weight excluding hydrogens is 226 g/mol. The Morgan fingerprint density at radius 2 is 2.39 bits per heavy atom. The van der Waals surface area contributed by atoms with Crippen molar-refractivity contribution in [3.63, 3.8) is 0 Å². The third-order valence-electron chi connectivity index (χ3n) is 3.45. The average molecular weight is 247 g/mol. The molecule has 0 radical (unpaired) electrons. The summed E-state index contributed by atoms with van der Waals surface area (Å²) in [7, 11) is 1.89. The number of nitrogens with zero attached hydrogens (tertiary/aromatic N) is 2. The zero-order valence-electron chi connectivity index (χ0n) is 11.1. The predicted octanol–water partition coefficient (Wildman–Crippen LogP) is 2.27. The number of hydrogen-bond acceptors (Lipinski definition) is 3. The summed E-state index contributed by atoms with van der Waals surface area (Å²) in [6, 6.07) is 3.93. The number of aromatic nitrogens is 1. The number of rotatable bonds is 5. The summed E-state index contributed by atoms with van der Waals surface area (Å²) in [5.74, 6) is 0.806. The van der Waals surface area contributed by atoms with E-state index in [2.05, 4.69) is 17.2 Å². The Labute approximate surface area is 108 Å². The number of likely N-dealkylation sites (tertiary alicyclic amines) is 1. The molecule has 1 aliphatic heterocycles. The lowest BCUT2D eigenvalue weighted by Gasteiger charge is -2.16. The molecule has 98 valence electrons. The maximum Gasteiger partial charge on any atom is 0.223 e. The van der Waals surface area contributed by atoms with Crippen LogP contribution in [0.1, 0.15) is 31.9 Å². The Hall–Kier alpha value is -1.58. The predicted molar refractivity (Wildman–Crippen MR) is 72.2 cm³/mol. The zero-order valence-corrected chi connectivity index (χ0v) is 11.1. The van der Waals surface area contributed by atoms with Crippen molar-refractivity contribution in [2.24, 2.45) is 5.92 Å². The van der Waals surface area contributed by atoms with Crippen LogP contribution in [0, 0.1) is 5.92 Å². The van der Waals surface area contributed by atoms with Gasteiger partial charge in [0, 0.05) is 31.9 Å². The Bertz CT molecular complexity index is 419. The van der Waals surface area contributed by atoms with Gasteiger partial charge in [0.1, 0.15) is 0 Å². The highest BCUT2D eigenvalue weighted by molar-refractivity contribution is 5.78. The summed E-state index contributed by atoms with van der Waals surface area (Å²) in [5, 5.41) is 3.09. The van der Waals surface area contributed by atoms with Crippen LogP contribution in [0.5, 0.6) is 0 Å². The lowest BCUT2D eigenvalue weighted by molar-refractivity contribution is -0.128. The minimum atomic E-state index is 0.269. The van der Waals surface area contributed by atoms with Crippen molar-refractivity contribution >= 4 is 11.6 Å². The summed E-state index contributed by atoms with van der Waals surface area (Å²) in [6.45, 7) is 3.69. The standard InChI is InChI=1S/C14H21N3O/c1-3-4-11-7-14(18)17(9-11)10-13-8-12(15-2)5-6-16-13/h5-6,8,11H,3-4,7,9-10H2,1-2H3,(H,15,16). The second-order valence-electron chi connectivity index (χ2n) is 4.92. The first-order valence-electron chi connectivity index (χ1n) is 6.63. The molecule has 1 unspecified atom stereocenters. The first-order valence-corrected chi connectivity index (χ1v) is 6.63. The molecule has 0 saturated carbocycles. The first kappa shape index (κ1) is 12.9. The number of amides is 1. The molecule has 2 rings (SSSR count). The van der Waals surface area contributed by atoms with E-state index < -0.39 is 0 Å². The maximum absolute atomic E-state index is 11.9. The van der Waals surface area contributed by atoms with Gasteiger partial charge in [-0.1, -0.05) is 13.3 Å². The highest BCUT2D eigenvalue weighted by Gasteiger charge is 2.28. The fraction of sp³-hybridized carbons (Fsp3) is 0.571. The lowest BCUT2D eigenvalue weighted by Crippen LogP contribution is -2.25. The van der Waals surface area contributed by atoms with Gasteiger partial charge in [-0.05, 0) is 24.5 Å². The number of nitrogens with one attached hydrogen (secondary N) is 1. The monoisotopic (exact) mass is 247 g/mol. The van der Waals surface area contributed by atoms with Gasteiger partial charge < -0.3 is 10.2 Å². The number of pyridine rings is 1. The van der Waals surface area contributed by atoms with Crippen molar-refractivity contribution in [1.29, 1.82) is 0 Å². The Morgan fingerprint density at radius 3 is 3.11 bits per heavy atom. The highest BCUT2D eigenvalue weighted by Crippen LogP contribution is 2.23. The van der Waals surface area contributed by atoms with Gasteiger partial charge in [0.2, 0.25) is 5.91 Å². The summed E-state index contributed by atoms with van der Waals surface area (Å²) in [5.41, 5.74) is 1.99. The van der Waals surface area contributed by atoms with Gasteiger partial charge in [0.25, 0.3) is 0 Å². The van der Waals surface area contributed by atoms with E-state index in [-0.39, 0.29) is 5.91 Å². The van der Waals surface area contributed by atoms with Crippen molar-refractivity contribution in [2.75, 3.05) is 18.9 Å². The van der Waals surface area contributed by atoms with Gasteiger partial charge in [-0.2, -0.15) is 0 Å². The smallest absolute Gasteiger partial charge is 0.223 e. The Balaban J connectivity index is 1.98. The van der Waals surface area contributed by atoms with E-state index in [1.165, 1.54) is 0 Å². The van der Waals surface area contributed by atoms with Gasteiger partial charge in [0.15, 0.2) is 0 Å². The Kier molecular flexibility index (Phi) is 4.18. The van der Waals surface area contributed by atoms with Gasteiger partial charge in [-0.15, -0.1) is 0 Å². The molecule has 0 aliphatic carbocycles. The third-order valence-corrected chi connectivity index (χ3v) is 3.45. The molecule has 4 nitrogen and oxygen atoms in total. The molecule has 1 fully saturated rings. The molecule has 1 aromatic rings. The fourth-order valence-corrected chi connectivity index (χ4v) is 2.52. The van der Waals surface area contributed by atoms with E-state index in [0.717, 1.165) is 30.8 Å².